The maximum atomic E-state index is 5.58. The number of para-hydroxylation sites is 1. The van der Waals surface area contributed by atoms with Crippen molar-refractivity contribution in [3.8, 4) is 5.75 Å². The monoisotopic (exact) mass is 264 g/mol. The molecule has 96 valence electrons. The molecule has 0 radical (unpaired) electrons. The van der Waals surface area contributed by atoms with Gasteiger partial charge in [0, 0.05) is 10.8 Å². The first-order valence-electron chi connectivity index (χ1n) is 5.80. The van der Waals surface area contributed by atoms with E-state index in [1.807, 2.05) is 24.3 Å². The summed E-state index contributed by atoms with van der Waals surface area (Å²) in [6.07, 6.45) is 0.593. The fourth-order valence-corrected chi connectivity index (χ4v) is 2.21. The van der Waals surface area contributed by atoms with Gasteiger partial charge in [0.05, 0.1) is 13.5 Å². The average molecular weight is 264 g/mol. The first-order valence-corrected chi connectivity index (χ1v) is 6.68. The second kappa shape index (κ2) is 5.91. The predicted octanol–water partition coefficient (Wildman–Crippen LogP) is 3.17. The van der Waals surface area contributed by atoms with Crippen molar-refractivity contribution in [1.82, 2.24) is 10.2 Å². The number of hydrogen-bond acceptors (Lipinski definition) is 5. The molecule has 1 heterocycles. The third-order valence-electron chi connectivity index (χ3n) is 2.32. The molecule has 0 aliphatic heterocycles. The lowest BCUT2D eigenvalue weighted by Crippen LogP contribution is -1.93. The maximum absolute atomic E-state index is 5.58. The van der Waals surface area contributed by atoms with E-state index in [4.69, 9.17) is 9.15 Å². The van der Waals surface area contributed by atoms with E-state index >= 15 is 0 Å². The van der Waals surface area contributed by atoms with Gasteiger partial charge in [-0.05, 0) is 6.07 Å². The van der Waals surface area contributed by atoms with E-state index in [9.17, 15) is 0 Å². The summed E-state index contributed by atoms with van der Waals surface area (Å²) >= 11 is 1.57. The Bertz CT molecular complexity index is 511. The van der Waals surface area contributed by atoms with E-state index in [2.05, 4.69) is 24.0 Å². The highest BCUT2D eigenvalue weighted by Crippen LogP contribution is 2.24. The molecule has 5 heteroatoms. The summed E-state index contributed by atoms with van der Waals surface area (Å²) in [7, 11) is 1.66. The number of methoxy groups -OCH3 is 1. The van der Waals surface area contributed by atoms with E-state index in [1.165, 1.54) is 0 Å². The van der Waals surface area contributed by atoms with Crippen molar-refractivity contribution < 1.29 is 9.15 Å². The van der Waals surface area contributed by atoms with Crippen molar-refractivity contribution in [3.05, 3.63) is 35.7 Å². The molecule has 4 nitrogen and oxygen atoms in total. The zero-order chi connectivity index (χ0) is 13.0. The van der Waals surface area contributed by atoms with Crippen LogP contribution in [0.4, 0.5) is 0 Å². The molecule has 0 saturated heterocycles. The number of rotatable bonds is 5. The van der Waals surface area contributed by atoms with Crippen molar-refractivity contribution in [2.24, 2.45) is 0 Å². The van der Waals surface area contributed by atoms with Crippen molar-refractivity contribution in [2.45, 2.75) is 30.7 Å². The topological polar surface area (TPSA) is 48.2 Å². The molecule has 0 aliphatic rings. The summed E-state index contributed by atoms with van der Waals surface area (Å²) in [5.74, 6) is 1.46. The summed E-state index contributed by atoms with van der Waals surface area (Å²) in [5.41, 5.74) is 1.05. The summed E-state index contributed by atoms with van der Waals surface area (Å²) in [5, 5.41) is 9.12. The Morgan fingerprint density at radius 2 is 2.06 bits per heavy atom. The van der Waals surface area contributed by atoms with Crippen molar-refractivity contribution in [3.63, 3.8) is 0 Å². The standard InChI is InChI=1S/C13H16N2O2S/c1-9(2)18-13-15-14-12(17-13)8-10-6-4-5-7-11(10)16-3/h4-7,9H,8H2,1-3H3. The lowest BCUT2D eigenvalue weighted by atomic mass is 10.1. The van der Waals surface area contributed by atoms with Crippen LogP contribution in [0.5, 0.6) is 5.75 Å². The highest BCUT2D eigenvalue weighted by Gasteiger charge is 2.11. The molecule has 0 N–H and O–H groups in total. The molecule has 2 aromatic rings. The SMILES string of the molecule is COc1ccccc1Cc1nnc(SC(C)C)o1. The average Bonchev–Trinajstić information content (AvgIpc) is 2.76. The van der Waals surface area contributed by atoms with Gasteiger partial charge < -0.3 is 9.15 Å². The molecule has 0 saturated carbocycles. The fraction of sp³-hybridized carbons (Fsp3) is 0.385. The number of hydrogen-bond donors (Lipinski definition) is 0. The Morgan fingerprint density at radius 3 is 2.78 bits per heavy atom. The summed E-state index contributed by atoms with van der Waals surface area (Å²) in [6.45, 7) is 4.18. The summed E-state index contributed by atoms with van der Waals surface area (Å²) in [4.78, 5) is 0. The van der Waals surface area contributed by atoms with Gasteiger partial charge in [0.1, 0.15) is 5.75 Å². The molecule has 2 rings (SSSR count). The smallest absolute Gasteiger partial charge is 0.276 e. The normalized spacial score (nSPS) is 10.9. The van der Waals surface area contributed by atoms with Crippen LogP contribution >= 0.6 is 11.8 Å². The zero-order valence-corrected chi connectivity index (χ0v) is 11.5. The molecule has 18 heavy (non-hydrogen) atoms. The Morgan fingerprint density at radius 1 is 1.28 bits per heavy atom. The molecule has 0 atom stereocenters. The third kappa shape index (κ3) is 3.26. The van der Waals surface area contributed by atoms with Crippen LogP contribution < -0.4 is 4.74 Å². The number of nitrogens with zero attached hydrogens (tertiary/aromatic N) is 2. The van der Waals surface area contributed by atoms with Crippen molar-refractivity contribution in [1.29, 1.82) is 0 Å². The number of aromatic nitrogens is 2. The third-order valence-corrected chi connectivity index (χ3v) is 3.16. The summed E-state index contributed by atoms with van der Waals surface area (Å²) < 4.78 is 10.9. The van der Waals surface area contributed by atoms with Crippen molar-refractivity contribution >= 4 is 11.8 Å². The van der Waals surface area contributed by atoms with Gasteiger partial charge in [0.15, 0.2) is 0 Å². The Labute approximate surface area is 111 Å². The van der Waals surface area contributed by atoms with Crippen molar-refractivity contribution in [2.75, 3.05) is 7.11 Å². The van der Waals surface area contributed by atoms with E-state index in [0.29, 0.717) is 22.8 Å². The van der Waals surface area contributed by atoms with Gasteiger partial charge in [-0.3, -0.25) is 0 Å². The van der Waals surface area contributed by atoms with Gasteiger partial charge in [-0.2, -0.15) is 0 Å². The lowest BCUT2D eigenvalue weighted by molar-refractivity contribution is 0.400. The van der Waals surface area contributed by atoms with E-state index in [0.717, 1.165) is 11.3 Å². The van der Waals surface area contributed by atoms with Gasteiger partial charge >= 0.3 is 0 Å². The van der Waals surface area contributed by atoms with E-state index < -0.39 is 0 Å². The highest BCUT2D eigenvalue weighted by atomic mass is 32.2. The molecule has 0 spiro atoms. The van der Waals surface area contributed by atoms with E-state index in [1.54, 1.807) is 18.9 Å². The Hall–Kier alpha value is -1.49. The molecule has 1 aromatic heterocycles. The van der Waals surface area contributed by atoms with Crippen LogP contribution in [0, 0.1) is 0 Å². The van der Waals surface area contributed by atoms with Crippen LogP contribution in [0.25, 0.3) is 0 Å². The van der Waals surface area contributed by atoms with Crippen LogP contribution in [0.2, 0.25) is 0 Å². The second-order valence-corrected chi connectivity index (χ2v) is 5.64. The summed E-state index contributed by atoms with van der Waals surface area (Å²) in [6, 6.07) is 7.84. The Kier molecular flexibility index (Phi) is 4.25. The minimum absolute atomic E-state index is 0.435. The number of thioether (sulfide) groups is 1. The van der Waals surface area contributed by atoms with Crippen LogP contribution in [0.1, 0.15) is 25.3 Å². The van der Waals surface area contributed by atoms with Gasteiger partial charge in [0.25, 0.3) is 5.22 Å². The fourth-order valence-electron chi connectivity index (χ4n) is 1.57. The molecule has 1 aromatic carbocycles. The zero-order valence-electron chi connectivity index (χ0n) is 10.7. The molecule has 0 amide bonds. The first-order chi connectivity index (χ1) is 8.69. The van der Waals surface area contributed by atoms with E-state index in [-0.39, 0.29) is 0 Å². The van der Waals surface area contributed by atoms with Gasteiger partial charge in [-0.25, -0.2) is 0 Å². The van der Waals surface area contributed by atoms with Crippen LogP contribution in [0.15, 0.2) is 33.9 Å². The lowest BCUT2D eigenvalue weighted by Gasteiger charge is -2.05. The van der Waals surface area contributed by atoms with Crippen LogP contribution in [-0.2, 0) is 6.42 Å². The molecule has 0 unspecified atom stereocenters. The van der Waals surface area contributed by atoms with Gasteiger partial charge in [-0.15, -0.1) is 10.2 Å². The van der Waals surface area contributed by atoms with Crippen LogP contribution in [-0.4, -0.2) is 22.6 Å². The minimum atomic E-state index is 0.435. The van der Waals surface area contributed by atoms with Crippen LogP contribution in [0.3, 0.4) is 0 Å². The molecule has 0 bridgehead atoms. The molecular weight excluding hydrogens is 248 g/mol. The predicted molar refractivity (Wildman–Crippen MR) is 71.1 cm³/mol. The van der Waals surface area contributed by atoms with Gasteiger partial charge in [0.2, 0.25) is 5.89 Å². The molecular formula is C13H16N2O2S. The molecule has 0 fully saturated rings. The maximum Gasteiger partial charge on any atom is 0.276 e. The first kappa shape index (κ1) is 13.0. The quantitative estimate of drug-likeness (QED) is 0.776. The number of benzene rings is 1. The van der Waals surface area contributed by atoms with Gasteiger partial charge in [-0.1, -0.05) is 43.8 Å². The molecule has 0 aliphatic carbocycles. The largest absolute Gasteiger partial charge is 0.496 e. The minimum Gasteiger partial charge on any atom is -0.496 e. The second-order valence-electron chi connectivity index (χ2n) is 4.12. The number of ether oxygens (including phenoxy) is 1. The Balaban J connectivity index is 2.11. The highest BCUT2D eigenvalue weighted by molar-refractivity contribution is 7.99.